The van der Waals surface area contributed by atoms with Crippen molar-refractivity contribution < 1.29 is 19.7 Å². The van der Waals surface area contributed by atoms with E-state index < -0.39 is 12.1 Å². The number of phenolic OH excluding ortho intramolecular Hbond substituents is 1. The molecule has 5 nitrogen and oxygen atoms in total. The van der Waals surface area contributed by atoms with Crippen LogP contribution in [0.4, 0.5) is 5.69 Å². The minimum atomic E-state index is -1.47. The van der Waals surface area contributed by atoms with Gasteiger partial charge in [-0.2, -0.15) is 0 Å². The molecule has 76 valence electrons. The first-order valence-electron chi connectivity index (χ1n) is 3.91. The van der Waals surface area contributed by atoms with Crippen molar-refractivity contribution in [2.75, 3.05) is 12.8 Å². The van der Waals surface area contributed by atoms with Crippen LogP contribution in [0.3, 0.4) is 0 Å². The zero-order chi connectivity index (χ0) is 10.7. The van der Waals surface area contributed by atoms with Crippen molar-refractivity contribution in [3.8, 4) is 5.75 Å². The Morgan fingerprint density at radius 3 is 2.79 bits per heavy atom. The Hall–Kier alpha value is -1.75. The predicted octanol–water partition coefficient (Wildman–Crippen LogP) is 0.181. The summed E-state index contributed by atoms with van der Waals surface area (Å²) in [6.45, 7) is 0. The van der Waals surface area contributed by atoms with Crippen molar-refractivity contribution in [1.29, 1.82) is 0 Å². The molecule has 0 aromatic heterocycles. The topological polar surface area (TPSA) is 92.8 Å². The number of aliphatic hydroxyl groups excluding tert-OH is 1. The molecule has 0 aliphatic carbocycles. The third-order valence-electron chi connectivity index (χ3n) is 1.84. The first kappa shape index (κ1) is 10.3. The number of nitrogens with two attached hydrogens (primary N) is 1. The van der Waals surface area contributed by atoms with Gasteiger partial charge in [-0.15, -0.1) is 0 Å². The number of aromatic hydroxyl groups is 1. The maximum atomic E-state index is 11.0. The summed E-state index contributed by atoms with van der Waals surface area (Å²) in [6.07, 6.45) is -1.47. The number of carbonyl (C=O) groups excluding carboxylic acids is 1. The summed E-state index contributed by atoms with van der Waals surface area (Å²) >= 11 is 0. The maximum absolute atomic E-state index is 11.0. The van der Waals surface area contributed by atoms with Crippen LogP contribution in [0, 0.1) is 0 Å². The zero-order valence-electron chi connectivity index (χ0n) is 7.60. The summed E-state index contributed by atoms with van der Waals surface area (Å²) in [5, 5.41) is 18.6. The van der Waals surface area contributed by atoms with E-state index in [4.69, 9.17) is 5.73 Å². The number of ether oxygens (including phenoxy) is 1. The van der Waals surface area contributed by atoms with E-state index in [1.54, 1.807) is 0 Å². The monoisotopic (exact) mass is 197 g/mol. The standard InChI is InChI=1S/C9H11NO4/c1-14-9(13)8(12)5-3-2-4-6(11)7(5)10/h2-4,8,11-12H,10H2,1H3. The molecule has 1 unspecified atom stereocenters. The molecule has 0 heterocycles. The van der Waals surface area contributed by atoms with Gasteiger partial charge in [0.15, 0.2) is 6.10 Å². The smallest absolute Gasteiger partial charge is 0.339 e. The van der Waals surface area contributed by atoms with Gasteiger partial charge in [0.2, 0.25) is 0 Å². The van der Waals surface area contributed by atoms with Gasteiger partial charge in [0.05, 0.1) is 12.8 Å². The molecule has 0 amide bonds. The average Bonchev–Trinajstić information content (AvgIpc) is 2.20. The second kappa shape index (κ2) is 3.97. The molecule has 1 atom stereocenters. The second-order valence-electron chi connectivity index (χ2n) is 2.71. The largest absolute Gasteiger partial charge is 0.506 e. The SMILES string of the molecule is COC(=O)C(O)c1cccc(O)c1N. The molecule has 0 saturated heterocycles. The van der Waals surface area contributed by atoms with E-state index in [1.165, 1.54) is 18.2 Å². The van der Waals surface area contributed by atoms with Crippen LogP contribution in [0.5, 0.6) is 5.75 Å². The minimum absolute atomic E-state index is 0.0228. The number of esters is 1. The molecule has 0 aliphatic rings. The summed E-state index contributed by atoms with van der Waals surface area (Å²) in [6, 6.07) is 4.28. The molecule has 0 fully saturated rings. The fourth-order valence-electron chi connectivity index (χ4n) is 1.05. The maximum Gasteiger partial charge on any atom is 0.339 e. The molecular formula is C9H11NO4. The van der Waals surface area contributed by atoms with Crippen LogP contribution in [-0.4, -0.2) is 23.3 Å². The number of benzene rings is 1. The number of nitrogen functional groups attached to an aromatic ring is 1. The molecule has 0 saturated carbocycles. The quantitative estimate of drug-likeness (QED) is 0.357. The lowest BCUT2D eigenvalue weighted by Crippen LogP contribution is -2.14. The van der Waals surface area contributed by atoms with Crippen molar-refractivity contribution >= 4 is 11.7 Å². The van der Waals surface area contributed by atoms with Crippen molar-refractivity contribution in [3.63, 3.8) is 0 Å². The molecular weight excluding hydrogens is 186 g/mol. The molecule has 0 radical (unpaired) electrons. The van der Waals surface area contributed by atoms with Gasteiger partial charge in [0.1, 0.15) is 5.75 Å². The Labute approximate surface area is 80.7 Å². The Morgan fingerprint density at radius 1 is 1.57 bits per heavy atom. The molecule has 0 bridgehead atoms. The highest BCUT2D eigenvalue weighted by molar-refractivity contribution is 5.79. The van der Waals surface area contributed by atoms with Crippen LogP contribution < -0.4 is 5.73 Å². The molecule has 4 N–H and O–H groups in total. The Balaban J connectivity index is 3.07. The van der Waals surface area contributed by atoms with Crippen LogP contribution >= 0.6 is 0 Å². The number of hydrogen-bond donors (Lipinski definition) is 3. The third kappa shape index (κ3) is 1.77. The minimum Gasteiger partial charge on any atom is -0.506 e. The highest BCUT2D eigenvalue weighted by atomic mass is 16.5. The Morgan fingerprint density at radius 2 is 2.21 bits per heavy atom. The van der Waals surface area contributed by atoms with E-state index in [1.807, 2.05) is 0 Å². The number of hydrogen-bond acceptors (Lipinski definition) is 5. The van der Waals surface area contributed by atoms with Crippen LogP contribution in [0.25, 0.3) is 0 Å². The number of rotatable bonds is 2. The highest BCUT2D eigenvalue weighted by Crippen LogP contribution is 2.28. The van der Waals surface area contributed by atoms with Gasteiger partial charge in [-0.05, 0) is 6.07 Å². The van der Waals surface area contributed by atoms with Gasteiger partial charge in [0, 0.05) is 5.56 Å². The van der Waals surface area contributed by atoms with Crippen molar-refractivity contribution in [1.82, 2.24) is 0 Å². The number of aliphatic hydroxyl groups is 1. The van der Waals surface area contributed by atoms with E-state index in [0.717, 1.165) is 7.11 Å². The van der Waals surface area contributed by atoms with Gasteiger partial charge >= 0.3 is 5.97 Å². The van der Waals surface area contributed by atoms with Crippen molar-refractivity contribution in [2.45, 2.75) is 6.10 Å². The van der Waals surface area contributed by atoms with E-state index in [-0.39, 0.29) is 17.0 Å². The van der Waals surface area contributed by atoms with E-state index in [2.05, 4.69) is 4.74 Å². The van der Waals surface area contributed by atoms with Crippen LogP contribution in [0.1, 0.15) is 11.7 Å². The predicted molar refractivity (Wildman–Crippen MR) is 49.5 cm³/mol. The first-order valence-corrected chi connectivity index (χ1v) is 3.91. The molecule has 5 heteroatoms. The lowest BCUT2D eigenvalue weighted by atomic mass is 10.1. The van der Waals surface area contributed by atoms with Gasteiger partial charge in [-0.25, -0.2) is 4.79 Å². The molecule has 1 rings (SSSR count). The summed E-state index contributed by atoms with van der Waals surface area (Å²) in [5.41, 5.74) is 5.57. The highest BCUT2D eigenvalue weighted by Gasteiger charge is 2.21. The first-order chi connectivity index (χ1) is 6.57. The lowest BCUT2D eigenvalue weighted by molar-refractivity contribution is -0.150. The van der Waals surface area contributed by atoms with Crippen LogP contribution in [-0.2, 0) is 9.53 Å². The fourth-order valence-corrected chi connectivity index (χ4v) is 1.05. The Kier molecular flexibility index (Phi) is 2.93. The van der Waals surface area contributed by atoms with Gasteiger partial charge < -0.3 is 20.7 Å². The Bertz CT molecular complexity index is 351. The summed E-state index contributed by atoms with van der Waals surface area (Å²) in [7, 11) is 1.16. The van der Waals surface area contributed by atoms with Crippen molar-refractivity contribution in [2.24, 2.45) is 0 Å². The normalized spacial score (nSPS) is 12.1. The molecule has 1 aromatic rings. The number of anilines is 1. The van der Waals surface area contributed by atoms with Crippen molar-refractivity contribution in [3.05, 3.63) is 23.8 Å². The molecule has 14 heavy (non-hydrogen) atoms. The summed E-state index contributed by atoms with van der Waals surface area (Å²) < 4.78 is 4.34. The number of para-hydroxylation sites is 1. The van der Waals surface area contributed by atoms with Gasteiger partial charge in [-0.1, -0.05) is 12.1 Å². The second-order valence-corrected chi connectivity index (χ2v) is 2.71. The molecule has 0 spiro atoms. The van der Waals surface area contributed by atoms with Gasteiger partial charge in [-0.3, -0.25) is 0 Å². The number of methoxy groups -OCH3 is 1. The van der Waals surface area contributed by atoms with E-state index in [9.17, 15) is 15.0 Å². The zero-order valence-corrected chi connectivity index (χ0v) is 7.60. The fraction of sp³-hybridized carbons (Fsp3) is 0.222. The third-order valence-corrected chi connectivity index (χ3v) is 1.84. The van der Waals surface area contributed by atoms with E-state index >= 15 is 0 Å². The van der Waals surface area contributed by atoms with Gasteiger partial charge in [0.25, 0.3) is 0 Å². The number of phenols is 1. The average molecular weight is 197 g/mol. The summed E-state index contributed by atoms with van der Waals surface area (Å²) in [4.78, 5) is 11.0. The van der Waals surface area contributed by atoms with E-state index in [0.29, 0.717) is 0 Å². The summed E-state index contributed by atoms with van der Waals surface area (Å²) in [5.74, 6) is -0.993. The number of carbonyl (C=O) groups is 1. The van der Waals surface area contributed by atoms with Crippen LogP contribution in [0.15, 0.2) is 18.2 Å². The van der Waals surface area contributed by atoms with Crippen LogP contribution in [0.2, 0.25) is 0 Å². The lowest BCUT2D eigenvalue weighted by Gasteiger charge is -2.11. The molecule has 1 aromatic carbocycles. The molecule has 0 aliphatic heterocycles.